The Morgan fingerprint density at radius 1 is 1.10 bits per heavy atom. The summed E-state index contributed by atoms with van der Waals surface area (Å²) in [6.45, 7) is 0. The van der Waals surface area contributed by atoms with Gasteiger partial charge in [0.05, 0.1) is 5.56 Å². The highest BCUT2D eigenvalue weighted by Gasteiger charge is 2.30. The number of carbonyl (C=O) groups is 1. The van der Waals surface area contributed by atoms with Crippen LogP contribution in [0.5, 0.6) is 0 Å². The highest BCUT2D eigenvalue weighted by Crippen LogP contribution is 2.30. The van der Waals surface area contributed by atoms with E-state index in [1.165, 1.54) is 12.1 Å². The van der Waals surface area contributed by atoms with Crippen molar-refractivity contribution in [2.45, 2.75) is 12.1 Å². The zero-order valence-corrected chi connectivity index (χ0v) is 11.5. The van der Waals surface area contributed by atoms with Crippen molar-refractivity contribution in [2.24, 2.45) is 0 Å². The van der Waals surface area contributed by atoms with Crippen LogP contribution < -0.4 is 5.32 Å². The van der Waals surface area contributed by atoms with Crippen molar-refractivity contribution in [1.82, 2.24) is 0 Å². The topological polar surface area (TPSA) is 29.1 Å². The lowest BCUT2D eigenvalue weighted by Gasteiger charge is -2.10. The van der Waals surface area contributed by atoms with Gasteiger partial charge >= 0.3 is 6.18 Å². The van der Waals surface area contributed by atoms with E-state index < -0.39 is 17.6 Å². The van der Waals surface area contributed by atoms with Crippen LogP contribution in [0.4, 0.5) is 18.9 Å². The molecule has 1 N–H and O–H groups in total. The van der Waals surface area contributed by atoms with Gasteiger partial charge in [-0.05, 0) is 35.9 Å². The molecular formula is C15H11ClF3NO. The summed E-state index contributed by atoms with van der Waals surface area (Å²) in [7, 11) is 0. The number of hydrogen-bond donors (Lipinski definition) is 1. The molecule has 0 radical (unpaired) electrons. The van der Waals surface area contributed by atoms with Crippen LogP contribution in [0.15, 0.2) is 48.5 Å². The molecule has 0 fully saturated rings. The van der Waals surface area contributed by atoms with Gasteiger partial charge in [0.15, 0.2) is 0 Å². The molecule has 0 heterocycles. The van der Waals surface area contributed by atoms with Gasteiger partial charge in [0.1, 0.15) is 0 Å². The van der Waals surface area contributed by atoms with Crippen LogP contribution in [0.1, 0.15) is 21.5 Å². The maximum Gasteiger partial charge on any atom is 0.416 e. The van der Waals surface area contributed by atoms with Gasteiger partial charge in [-0.1, -0.05) is 18.2 Å². The Bertz CT molecular complexity index is 655. The van der Waals surface area contributed by atoms with E-state index in [-0.39, 0.29) is 11.6 Å². The van der Waals surface area contributed by atoms with E-state index in [9.17, 15) is 18.0 Å². The zero-order chi connectivity index (χ0) is 15.5. The lowest BCUT2D eigenvalue weighted by molar-refractivity contribution is -0.137. The zero-order valence-electron chi connectivity index (χ0n) is 10.7. The number of rotatable bonds is 3. The quantitative estimate of drug-likeness (QED) is 0.818. The van der Waals surface area contributed by atoms with Crippen LogP contribution in [0.25, 0.3) is 0 Å². The molecule has 0 unspecified atom stereocenters. The summed E-state index contributed by atoms with van der Waals surface area (Å²) < 4.78 is 37.8. The second-order valence-corrected chi connectivity index (χ2v) is 4.63. The minimum Gasteiger partial charge on any atom is -0.322 e. The predicted molar refractivity (Wildman–Crippen MR) is 75.4 cm³/mol. The van der Waals surface area contributed by atoms with Gasteiger partial charge in [0.2, 0.25) is 0 Å². The molecule has 0 aliphatic carbocycles. The third-order valence-electron chi connectivity index (χ3n) is 2.79. The van der Waals surface area contributed by atoms with Gasteiger partial charge in [-0.15, -0.1) is 11.6 Å². The number of hydrogen-bond acceptors (Lipinski definition) is 1. The molecule has 6 heteroatoms. The number of alkyl halides is 4. The SMILES string of the molecule is O=C(Nc1cccc(C(F)(F)F)c1)c1cccc(CCl)c1. The van der Waals surface area contributed by atoms with Gasteiger partial charge in [0.25, 0.3) is 5.91 Å². The molecule has 110 valence electrons. The fraction of sp³-hybridized carbons (Fsp3) is 0.133. The molecule has 21 heavy (non-hydrogen) atoms. The summed E-state index contributed by atoms with van der Waals surface area (Å²) in [6.07, 6.45) is -4.45. The highest BCUT2D eigenvalue weighted by molar-refractivity contribution is 6.17. The van der Waals surface area contributed by atoms with Crippen molar-refractivity contribution >= 4 is 23.2 Å². The number of anilines is 1. The molecule has 0 saturated heterocycles. The summed E-state index contributed by atoms with van der Waals surface area (Å²) >= 11 is 5.68. The monoisotopic (exact) mass is 313 g/mol. The molecule has 0 aliphatic rings. The number of halogens is 4. The minimum atomic E-state index is -4.45. The predicted octanol–water partition coefficient (Wildman–Crippen LogP) is 4.70. The fourth-order valence-corrected chi connectivity index (χ4v) is 1.94. The van der Waals surface area contributed by atoms with Crippen molar-refractivity contribution in [2.75, 3.05) is 5.32 Å². The van der Waals surface area contributed by atoms with Crippen molar-refractivity contribution in [1.29, 1.82) is 0 Å². The van der Waals surface area contributed by atoms with E-state index in [0.29, 0.717) is 5.56 Å². The number of nitrogens with one attached hydrogen (secondary N) is 1. The van der Waals surface area contributed by atoms with Gasteiger partial charge in [-0.25, -0.2) is 0 Å². The van der Waals surface area contributed by atoms with Gasteiger partial charge < -0.3 is 5.32 Å². The summed E-state index contributed by atoms with van der Waals surface area (Å²) in [6, 6.07) is 11.1. The highest BCUT2D eigenvalue weighted by atomic mass is 35.5. The van der Waals surface area contributed by atoms with Crippen molar-refractivity contribution < 1.29 is 18.0 Å². The van der Waals surface area contributed by atoms with Crippen LogP contribution in [0.3, 0.4) is 0 Å². The van der Waals surface area contributed by atoms with E-state index in [4.69, 9.17) is 11.6 Å². The Kier molecular flexibility index (Phi) is 4.53. The number of carbonyl (C=O) groups excluding carboxylic acids is 1. The van der Waals surface area contributed by atoms with E-state index in [0.717, 1.165) is 17.7 Å². The first-order valence-electron chi connectivity index (χ1n) is 6.03. The Hall–Kier alpha value is -2.01. The first kappa shape index (κ1) is 15.4. The largest absolute Gasteiger partial charge is 0.416 e. The molecule has 0 bridgehead atoms. The van der Waals surface area contributed by atoms with E-state index in [1.807, 2.05) is 0 Å². The minimum absolute atomic E-state index is 0.0890. The second kappa shape index (κ2) is 6.18. The van der Waals surface area contributed by atoms with Crippen LogP contribution >= 0.6 is 11.6 Å². The van der Waals surface area contributed by atoms with Gasteiger partial charge in [-0.2, -0.15) is 13.2 Å². The lowest BCUT2D eigenvalue weighted by atomic mass is 10.1. The van der Waals surface area contributed by atoms with Crippen molar-refractivity contribution in [3.05, 3.63) is 65.2 Å². The molecule has 1 amide bonds. The third-order valence-corrected chi connectivity index (χ3v) is 3.10. The molecule has 2 aromatic rings. The average molecular weight is 314 g/mol. The van der Waals surface area contributed by atoms with E-state index in [2.05, 4.69) is 5.32 Å². The Balaban J connectivity index is 2.19. The second-order valence-electron chi connectivity index (χ2n) is 4.37. The van der Waals surface area contributed by atoms with Crippen LogP contribution in [-0.2, 0) is 12.1 Å². The average Bonchev–Trinajstić information content (AvgIpc) is 2.46. The smallest absolute Gasteiger partial charge is 0.322 e. The Labute approximate surface area is 124 Å². The number of amides is 1. The Morgan fingerprint density at radius 2 is 1.81 bits per heavy atom. The van der Waals surface area contributed by atoms with Crippen molar-refractivity contribution in [3.8, 4) is 0 Å². The first-order valence-corrected chi connectivity index (χ1v) is 6.57. The van der Waals surface area contributed by atoms with Crippen LogP contribution in [-0.4, -0.2) is 5.91 Å². The van der Waals surface area contributed by atoms with Crippen LogP contribution in [0.2, 0.25) is 0 Å². The molecule has 2 nitrogen and oxygen atoms in total. The fourth-order valence-electron chi connectivity index (χ4n) is 1.77. The first-order chi connectivity index (χ1) is 9.90. The molecule has 0 atom stereocenters. The summed E-state index contributed by atoms with van der Waals surface area (Å²) in [5.74, 6) is -0.230. The summed E-state index contributed by atoms with van der Waals surface area (Å²) in [5, 5.41) is 2.44. The van der Waals surface area contributed by atoms with Crippen molar-refractivity contribution in [3.63, 3.8) is 0 Å². The molecular weight excluding hydrogens is 303 g/mol. The molecule has 0 aromatic heterocycles. The number of benzene rings is 2. The summed E-state index contributed by atoms with van der Waals surface area (Å²) in [5.41, 5.74) is 0.375. The Morgan fingerprint density at radius 3 is 2.48 bits per heavy atom. The maximum absolute atomic E-state index is 12.6. The van der Waals surface area contributed by atoms with E-state index in [1.54, 1.807) is 24.3 Å². The van der Waals surface area contributed by atoms with Gasteiger partial charge in [0, 0.05) is 17.1 Å². The summed E-state index contributed by atoms with van der Waals surface area (Å²) in [4.78, 5) is 12.0. The third kappa shape index (κ3) is 3.98. The molecule has 0 aliphatic heterocycles. The lowest BCUT2D eigenvalue weighted by Crippen LogP contribution is -2.13. The van der Waals surface area contributed by atoms with Gasteiger partial charge in [-0.3, -0.25) is 4.79 Å². The molecule has 0 saturated carbocycles. The standard InChI is InChI=1S/C15H11ClF3NO/c16-9-10-3-1-4-11(7-10)14(21)20-13-6-2-5-12(8-13)15(17,18)19/h1-8H,9H2,(H,20,21). The van der Waals surface area contributed by atoms with E-state index >= 15 is 0 Å². The molecule has 2 aromatic carbocycles. The maximum atomic E-state index is 12.6. The molecule has 0 spiro atoms. The normalized spacial score (nSPS) is 11.2. The van der Waals surface area contributed by atoms with Crippen LogP contribution in [0, 0.1) is 0 Å². The molecule has 2 rings (SSSR count).